The first-order chi connectivity index (χ1) is 7.60. The predicted molar refractivity (Wildman–Crippen MR) is 69.1 cm³/mol. The fourth-order valence-corrected chi connectivity index (χ4v) is 3.44. The Labute approximate surface area is 108 Å². The molecule has 1 aliphatic rings. The number of carbonyl (C=O) groups is 1. The average molecular weight is 301 g/mol. The van der Waals surface area contributed by atoms with Gasteiger partial charge in [0.25, 0.3) is 0 Å². The summed E-state index contributed by atoms with van der Waals surface area (Å²) in [5.74, 6) is -0.692. The molecule has 0 amide bonds. The maximum atomic E-state index is 11.3. The van der Waals surface area contributed by atoms with Gasteiger partial charge in [-0.15, -0.1) is 11.8 Å². The number of thioether (sulfide) groups is 1. The molecular formula is C12H13BrO2S. The molecule has 0 aliphatic heterocycles. The molecule has 1 saturated carbocycles. The highest BCUT2D eigenvalue weighted by molar-refractivity contribution is 9.10. The molecule has 86 valence electrons. The van der Waals surface area contributed by atoms with Gasteiger partial charge in [0.1, 0.15) is 0 Å². The second-order valence-electron chi connectivity index (χ2n) is 4.09. The lowest BCUT2D eigenvalue weighted by Crippen LogP contribution is -2.42. The second-order valence-corrected chi connectivity index (χ2v) is 5.79. The lowest BCUT2D eigenvalue weighted by molar-refractivity contribution is -0.147. The third kappa shape index (κ3) is 1.78. The van der Waals surface area contributed by atoms with Crippen LogP contribution in [0.1, 0.15) is 24.8 Å². The van der Waals surface area contributed by atoms with Crippen molar-refractivity contribution in [3.05, 3.63) is 28.2 Å². The zero-order valence-electron chi connectivity index (χ0n) is 9.00. The van der Waals surface area contributed by atoms with Crippen molar-refractivity contribution in [2.45, 2.75) is 29.6 Å². The van der Waals surface area contributed by atoms with Crippen LogP contribution >= 0.6 is 27.7 Å². The van der Waals surface area contributed by atoms with E-state index < -0.39 is 11.4 Å². The Morgan fingerprint density at radius 1 is 1.50 bits per heavy atom. The monoisotopic (exact) mass is 300 g/mol. The summed E-state index contributed by atoms with van der Waals surface area (Å²) in [5, 5.41) is 9.33. The van der Waals surface area contributed by atoms with Gasteiger partial charge >= 0.3 is 5.97 Å². The van der Waals surface area contributed by atoms with E-state index in [1.165, 1.54) is 0 Å². The standard InChI is InChI=1S/C12H13BrO2S/c1-16-10-4-3-8(7-9(10)13)12(11(14)15)5-2-6-12/h3-4,7H,2,5-6H2,1H3,(H,14,15). The number of aliphatic carboxylic acids is 1. The number of rotatable bonds is 3. The van der Waals surface area contributed by atoms with E-state index in [1.54, 1.807) is 11.8 Å². The molecule has 0 heterocycles. The van der Waals surface area contributed by atoms with Gasteiger partial charge < -0.3 is 5.11 Å². The topological polar surface area (TPSA) is 37.3 Å². The molecule has 16 heavy (non-hydrogen) atoms. The van der Waals surface area contributed by atoms with Crippen LogP contribution in [0, 0.1) is 0 Å². The van der Waals surface area contributed by atoms with E-state index in [0.717, 1.165) is 34.2 Å². The van der Waals surface area contributed by atoms with Crippen LogP contribution in [0.2, 0.25) is 0 Å². The van der Waals surface area contributed by atoms with Crippen molar-refractivity contribution < 1.29 is 9.90 Å². The molecule has 4 heteroatoms. The van der Waals surface area contributed by atoms with Crippen LogP contribution in [0.4, 0.5) is 0 Å². The first-order valence-corrected chi connectivity index (χ1v) is 7.19. The van der Waals surface area contributed by atoms with E-state index in [9.17, 15) is 9.90 Å². The van der Waals surface area contributed by atoms with Gasteiger partial charge in [0.2, 0.25) is 0 Å². The number of carboxylic acid groups (broad SMARTS) is 1. The van der Waals surface area contributed by atoms with Gasteiger partial charge in [-0.1, -0.05) is 12.5 Å². The largest absolute Gasteiger partial charge is 0.481 e. The minimum absolute atomic E-state index is 0.626. The third-order valence-electron chi connectivity index (χ3n) is 3.32. The van der Waals surface area contributed by atoms with Crippen LogP contribution in [0.3, 0.4) is 0 Å². The molecule has 1 aromatic carbocycles. The van der Waals surface area contributed by atoms with Crippen molar-refractivity contribution in [1.29, 1.82) is 0 Å². The van der Waals surface area contributed by atoms with Gasteiger partial charge in [0.05, 0.1) is 5.41 Å². The van der Waals surface area contributed by atoms with Gasteiger partial charge in [0, 0.05) is 9.37 Å². The quantitative estimate of drug-likeness (QED) is 0.865. The molecule has 2 rings (SSSR count). The molecule has 0 saturated heterocycles. The molecule has 0 unspecified atom stereocenters. The van der Waals surface area contributed by atoms with Crippen LogP contribution in [0.25, 0.3) is 0 Å². The van der Waals surface area contributed by atoms with E-state index in [-0.39, 0.29) is 0 Å². The molecule has 0 spiro atoms. The van der Waals surface area contributed by atoms with E-state index in [2.05, 4.69) is 15.9 Å². The molecule has 1 aliphatic carbocycles. The summed E-state index contributed by atoms with van der Waals surface area (Å²) in [7, 11) is 0. The fourth-order valence-electron chi connectivity index (χ4n) is 2.12. The van der Waals surface area contributed by atoms with Crippen LogP contribution in [-0.2, 0) is 10.2 Å². The smallest absolute Gasteiger partial charge is 0.314 e. The van der Waals surface area contributed by atoms with Gasteiger partial charge in [-0.3, -0.25) is 4.79 Å². The lowest BCUT2D eigenvalue weighted by atomic mass is 9.64. The van der Waals surface area contributed by atoms with Crippen molar-refractivity contribution in [3.63, 3.8) is 0 Å². The van der Waals surface area contributed by atoms with Crippen LogP contribution in [0.15, 0.2) is 27.6 Å². The Hall–Kier alpha value is -0.480. The summed E-state index contributed by atoms with van der Waals surface area (Å²) in [6, 6.07) is 5.90. The molecule has 0 atom stereocenters. The first kappa shape index (κ1) is 12.0. The number of benzene rings is 1. The van der Waals surface area contributed by atoms with Gasteiger partial charge in [-0.2, -0.15) is 0 Å². The van der Waals surface area contributed by atoms with Gasteiger partial charge in [-0.25, -0.2) is 0 Å². The summed E-state index contributed by atoms with van der Waals surface area (Å²) < 4.78 is 0.991. The highest BCUT2D eigenvalue weighted by Crippen LogP contribution is 2.45. The zero-order valence-corrected chi connectivity index (χ0v) is 11.4. The third-order valence-corrected chi connectivity index (χ3v) is 5.04. The van der Waals surface area contributed by atoms with Crippen LogP contribution < -0.4 is 0 Å². The van der Waals surface area contributed by atoms with E-state index in [4.69, 9.17) is 0 Å². The second kappa shape index (κ2) is 4.41. The molecule has 0 radical (unpaired) electrons. The number of halogens is 1. The van der Waals surface area contributed by atoms with E-state index in [1.807, 2.05) is 24.5 Å². The normalized spacial score (nSPS) is 17.9. The summed E-state index contributed by atoms with van der Waals surface area (Å²) in [4.78, 5) is 12.5. The van der Waals surface area contributed by atoms with Crippen LogP contribution in [-0.4, -0.2) is 17.3 Å². The minimum atomic E-state index is -0.692. The Balaban J connectivity index is 2.40. The van der Waals surface area contributed by atoms with E-state index in [0.29, 0.717) is 0 Å². The summed E-state index contributed by atoms with van der Waals surface area (Å²) in [5.41, 5.74) is 0.301. The Bertz CT molecular complexity index is 427. The van der Waals surface area contributed by atoms with Crippen molar-refractivity contribution in [1.82, 2.24) is 0 Å². The maximum absolute atomic E-state index is 11.3. The van der Waals surface area contributed by atoms with E-state index >= 15 is 0 Å². The Morgan fingerprint density at radius 3 is 2.56 bits per heavy atom. The van der Waals surface area contributed by atoms with Gasteiger partial charge in [0.15, 0.2) is 0 Å². The molecule has 0 aromatic heterocycles. The molecule has 1 fully saturated rings. The van der Waals surface area contributed by atoms with Crippen LogP contribution in [0.5, 0.6) is 0 Å². The SMILES string of the molecule is CSc1ccc(C2(C(=O)O)CCC2)cc1Br. The Kier molecular flexibility index (Phi) is 3.31. The van der Waals surface area contributed by atoms with Crippen molar-refractivity contribution in [2.24, 2.45) is 0 Å². The first-order valence-electron chi connectivity index (χ1n) is 5.17. The molecule has 1 N–H and O–H groups in total. The lowest BCUT2D eigenvalue weighted by Gasteiger charge is -2.38. The van der Waals surface area contributed by atoms with Crippen molar-refractivity contribution in [3.8, 4) is 0 Å². The minimum Gasteiger partial charge on any atom is -0.481 e. The summed E-state index contributed by atoms with van der Waals surface area (Å²) in [6.45, 7) is 0. The maximum Gasteiger partial charge on any atom is 0.314 e. The fraction of sp³-hybridized carbons (Fsp3) is 0.417. The number of hydrogen-bond donors (Lipinski definition) is 1. The van der Waals surface area contributed by atoms with Crippen molar-refractivity contribution >= 4 is 33.7 Å². The molecule has 2 nitrogen and oxygen atoms in total. The predicted octanol–water partition coefficient (Wildman–Crippen LogP) is 3.68. The number of carboxylic acids is 1. The Morgan fingerprint density at radius 2 is 2.19 bits per heavy atom. The summed E-state index contributed by atoms with van der Waals surface area (Å²) in [6.07, 6.45) is 4.53. The molecule has 1 aromatic rings. The molecular weight excluding hydrogens is 288 g/mol. The summed E-state index contributed by atoms with van der Waals surface area (Å²) >= 11 is 5.14. The van der Waals surface area contributed by atoms with Gasteiger partial charge in [-0.05, 0) is 52.7 Å². The zero-order chi connectivity index (χ0) is 11.8. The average Bonchev–Trinajstić information content (AvgIpc) is 2.15. The number of hydrogen-bond acceptors (Lipinski definition) is 2. The molecule has 0 bridgehead atoms. The highest BCUT2D eigenvalue weighted by Gasteiger charge is 2.45. The van der Waals surface area contributed by atoms with Crippen molar-refractivity contribution in [2.75, 3.05) is 6.26 Å². The highest BCUT2D eigenvalue weighted by atomic mass is 79.9.